The molecule has 150 valence electrons. The lowest BCUT2D eigenvalue weighted by Gasteiger charge is -2.22. The van der Waals surface area contributed by atoms with Gasteiger partial charge in [0.1, 0.15) is 5.75 Å². The number of hydrogen-bond acceptors (Lipinski definition) is 3. The minimum absolute atomic E-state index is 0.00520. The number of carboxylic acids is 1. The number of ether oxygens (including phenoxy) is 1. The summed E-state index contributed by atoms with van der Waals surface area (Å²) in [5, 5.41) is 12.0. The highest BCUT2D eigenvalue weighted by Crippen LogP contribution is 2.25. The van der Waals surface area contributed by atoms with Gasteiger partial charge in [0.25, 0.3) is 5.91 Å². The van der Waals surface area contributed by atoms with Gasteiger partial charge in [-0.3, -0.25) is 9.59 Å². The van der Waals surface area contributed by atoms with Crippen LogP contribution in [0.2, 0.25) is 0 Å². The molecule has 0 saturated carbocycles. The Morgan fingerprint density at radius 1 is 1.04 bits per heavy atom. The number of carboxylic acid groups (broad SMARTS) is 1. The van der Waals surface area contributed by atoms with Gasteiger partial charge in [-0.1, -0.05) is 64.1 Å². The number of nitrogens with one attached hydrogen (secondary N) is 1. The van der Waals surface area contributed by atoms with Gasteiger partial charge in [0, 0.05) is 0 Å². The van der Waals surface area contributed by atoms with Crippen LogP contribution in [0.1, 0.15) is 56.8 Å². The molecule has 0 heterocycles. The second kappa shape index (κ2) is 9.40. The molecular formula is C23H29NO4. The van der Waals surface area contributed by atoms with Crippen LogP contribution < -0.4 is 10.1 Å². The van der Waals surface area contributed by atoms with E-state index in [1.165, 1.54) is 5.56 Å². The molecule has 5 nitrogen and oxygen atoms in total. The second-order valence-corrected chi connectivity index (χ2v) is 7.88. The summed E-state index contributed by atoms with van der Waals surface area (Å²) in [5.74, 6) is -0.719. The Balaban J connectivity index is 2.02. The Hall–Kier alpha value is -2.82. The predicted molar refractivity (Wildman–Crippen MR) is 110 cm³/mol. The molecule has 1 atom stereocenters. The maximum atomic E-state index is 12.3. The molecule has 1 amide bonds. The van der Waals surface area contributed by atoms with Gasteiger partial charge in [0.05, 0.1) is 12.5 Å². The van der Waals surface area contributed by atoms with Crippen LogP contribution in [0.15, 0.2) is 48.5 Å². The lowest BCUT2D eigenvalue weighted by Crippen LogP contribution is -2.34. The van der Waals surface area contributed by atoms with Crippen LogP contribution in [0, 0.1) is 0 Å². The molecule has 2 aromatic rings. The van der Waals surface area contributed by atoms with E-state index >= 15 is 0 Å². The molecule has 0 aromatic heterocycles. The highest BCUT2D eigenvalue weighted by Gasteiger charge is 2.20. The lowest BCUT2D eigenvalue weighted by atomic mass is 9.86. The Labute approximate surface area is 166 Å². The molecule has 0 spiro atoms. The first-order valence-corrected chi connectivity index (χ1v) is 9.52. The van der Waals surface area contributed by atoms with E-state index in [2.05, 4.69) is 33.0 Å². The average molecular weight is 383 g/mol. The highest BCUT2D eigenvalue weighted by atomic mass is 16.5. The SMILES string of the molecule is CCc1ccc(OCC(=O)NC(CC(=O)O)c2ccc(C(C)(C)C)cc2)cc1. The van der Waals surface area contributed by atoms with E-state index in [0.717, 1.165) is 17.5 Å². The van der Waals surface area contributed by atoms with E-state index in [0.29, 0.717) is 5.75 Å². The monoisotopic (exact) mass is 383 g/mol. The van der Waals surface area contributed by atoms with Crippen LogP contribution in [0.25, 0.3) is 0 Å². The molecule has 28 heavy (non-hydrogen) atoms. The third-order valence-corrected chi connectivity index (χ3v) is 4.59. The van der Waals surface area contributed by atoms with Crippen molar-refractivity contribution in [1.29, 1.82) is 0 Å². The van der Waals surface area contributed by atoms with Crippen molar-refractivity contribution in [1.82, 2.24) is 5.32 Å². The van der Waals surface area contributed by atoms with Gasteiger partial charge in [0.15, 0.2) is 6.61 Å². The fraction of sp³-hybridized carbons (Fsp3) is 0.391. The molecule has 0 saturated heterocycles. The van der Waals surface area contributed by atoms with Crippen LogP contribution in [0.3, 0.4) is 0 Å². The normalized spacial score (nSPS) is 12.3. The number of carbonyl (C=O) groups excluding carboxylic acids is 1. The number of aliphatic carboxylic acids is 1. The van der Waals surface area contributed by atoms with Crippen LogP contribution in [-0.4, -0.2) is 23.6 Å². The van der Waals surface area contributed by atoms with Crippen molar-refractivity contribution in [3.8, 4) is 5.75 Å². The Kier molecular flexibility index (Phi) is 7.21. The van der Waals surface area contributed by atoms with Crippen molar-refractivity contribution in [3.63, 3.8) is 0 Å². The zero-order valence-electron chi connectivity index (χ0n) is 17.0. The second-order valence-electron chi connectivity index (χ2n) is 7.88. The van der Waals surface area contributed by atoms with Crippen LogP contribution >= 0.6 is 0 Å². The van der Waals surface area contributed by atoms with Crippen molar-refractivity contribution in [2.75, 3.05) is 6.61 Å². The molecule has 1 unspecified atom stereocenters. The Bertz CT molecular complexity index is 789. The quantitative estimate of drug-likeness (QED) is 0.714. The van der Waals surface area contributed by atoms with Crippen molar-refractivity contribution in [3.05, 3.63) is 65.2 Å². The maximum absolute atomic E-state index is 12.3. The van der Waals surface area contributed by atoms with Gasteiger partial charge in [-0.25, -0.2) is 0 Å². The van der Waals surface area contributed by atoms with E-state index in [1.54, 1.807) is 0 Å². The maximum Gasteiger partial charge on any atom is 0.305 e. The van der Waals surface area contributed by atoms with E-state index in [4.69, 9.17) is 4.74 Å². The molecule has 2 aromatic carbocycles. The summed E-state index contributed by atoms with van der Waals surface area (Å²) in [6, 6.07) is 14.7. The van der Waals surface area contributed by atoms with E-state index in [-0.39, 0.29) is 24.3 Å². The van der Waals surface area contributed by atoms with Crippen molar-refractivity contribution in [2.24, 2.45) is 0 Å². The molecule has 2 rings (SSSR count). The average Bonchev–Trinajstić information content (AvgIpc) is 2.65. The van der Waals surface area contributed by atoms with Gasteiger partial charge in [-0.05, 0) is 40.7 Å². The molecule has 0 aliphatic heterocycles. The van der Waals surface area contributed by atoms with Gasteiger partial charge >= 0.3 is 5.97 Å². The Morgan fingerprint density at radius 2 is 1.64 bits per heavy atom. The molecular weight excluding hydrogens is 354 g/mol. The summed E-state index contributed by atoms with van der Waals surface area (Å²) >= 11 is 0. The van der Waals surface area contributed by atoms with Gasteiger partial charge in [-0.15, -0.1) is 0 Å². The summed E-state index contributed by atoms with van der Waals surface area (Å²) in [6.07, 6.45) is 0.747. The van der Waals surface area contributed by atoms with Crippen molar-refractivity contribution < 1.29 is 19.4 Å². The summed E-state index contributed by atoms with van der Waals surface area (Å²) in [7, 11) is 0. The van der Waals surface area contributed by atoms with Crippen molar-refractivity contribution in [2.45, 2.75) is 52.0 Å². The van der Waals surface area contributed by atoms with Gasteiger partial charge < -0.3 is 15.2 Å². The summed E-state index contributed by atoms with van der Waals surface area (Å²) in [6.45, 7) is 8.25. The summed E-state index contributed by atoms with van der Waals surface area (Å²) in [5.41, 5.74) is 3.11. The highest BCUT2D eigenvalue weighted by molar-refractivity contribution is 5.79. The zero-order chi connectivity index (χ0) is 20.7. The fourth-order valence-corrected chi connectivity index (χ4v) is 2.85. The fourth-order valence-electron chi connectivity index (χ4n) is 2.85. The van der Waals surface area contributed by atoms with E-state index in [9.17, 15) is 14.7 Å². The minimum atomic E-state index is -0.971. The van der Waals surface area contributed by atoms with Crippen LogP contribution in [-0.2, 0) is 21.4 Å². The minimum Gasteiger partial charge on any atom is -0.484 e. The molecule has 0 radical (unpaired) electrons. The third-order valence-electron chi connectivity index (χ3n) is 4.59. The van der Waals surface area contributed by atoms with Crippen molar-refractivity contribution >= 4 is 11.9 Å². The standard InChI is InChI=1S/C23H29NO4/c1-5-16-6-12-19(13-7-16)28-15-21(25)24-20(14-22(26)27)17-8-10-18(11-9-17)23(2,3)4/h6-13,20H,5,14-15H2,1-4H3,(H,24,25)(H,26,27). The summed E-state index contributed by atoms with van der Waals surface area (Å²) < 4.78 is 5.51. The van der Waals surface area contributed by atoms with Crippen LogP contribution in [0.4, 0.5) is 0 Å². The first-order chi connectivity index (χ1) is 13.2. The number of carbonyl (C=O) groups is 2. The third kappa shape index (κ3) is 6.41. The van der Waals surface area contributed by atoms with Gasteiger partial charge in [0.2, 0.25) is 0 Å². The molecule has 5 heteroatoms. The zero-order valence-corrected chi connectivity index (χ0v) is 17.0. The Morgan fingerprint density at radius 3 is 2.14 bits per heavy atom. The number of hydrogen-bond donors (Lipinski definition) is 2. The lowest BCUT2D eigenvalue weighted by molar-refractivity contribution is -0.137. The number of aryl methyl sites for hydroxylation is 1. The van der Waals surface area contributed by atoms with Gasteiger partial charge in [-0.2, -0.15) is 0 Å². The molecule has 0 fully saturated rings. The molecule has 0 aliphatic carbocycles. The molecule has 2 N–H and O–H groups in total. The van der Waals surface area contributed by atoms with E-state index < -0.39 is 12.0 Å². The largest absolute Gasteiger partial charge is 0.484 e. The first kappa shape index (κ1) is 21.5. The van der Waals surface area contributed by atoms with Crippen LogP contribution in [0.5, 0.6) is 5.75 Å². The number of benzene rings is 2. The number of amides is 1. The molecule has 0 bridgehead atoms. The smallest absolute Gasteiger partial charge is 0.305 e. The first-order valence-electron chi connectivity index (χ1n) is 9.52. The number of rotatable bonds is 8. The molecule has 0 aliphatic rings. The van der Waals surface area contributed by atoms with E-state index in [1.807, 2.05) is 48.5 Å². The predicted octanol–water partition coefficient (Wildman–Crippen LogP) is 4.26. The summed E-state index contributed by atoms with van der Waals surface area (Å²) in [4.78, 5) is 23.5. The topological polar surface area (TPSA) is 75.6 Å².